The number of hydrogen-bond acceptors (Lipinski definition) is 6. The molecule has 0 bridgehead atoms. The van der Waals surface area contributed by atoms with Gasteiger partial charge in [0.15, 0.2) is 10.7 Å². The molecule has 3 aromatic rings. The minimum absolute atomic E-state index is 0.102. The number of rotatable bonds is 4. The van der Waals surface area contributed by atoms with Crippen molar-refractivity contribution in [3.8, 4) is 10.6 Å². The molecule has 1 aliphatic rings. The van der Waals surface area contributed by atoms with Crippen LogP contribution in [-0.2, 0) is 10.0 Å². The van der Waals surface area contributed by atoms with Crippen LogP contribution >= 0.6 is 11.3 Å². The molecule has 1 aromatic carbocycles. The molecule has 146 valence electrons. The quantitative estimate of drug-likeness (QED) is 0.647. The second-order valence-electron chi connectivity index (χ2n) is 6.20. The molecular formula is C18H16F2N4O2S2. The number of piperazine rings is 1. The molecule has 0 N–H and O–H groups in total. The Morgan fingerprint density at radius 2 is 1.61 bits per heavy atom. The second-order valence-corrected chi connectivity index (χ2v) is 9.02. The first-order chi connectivity index (χ1) is 13.5. The fourth-order valence-corrected chi connectivity index (χ4v) is 5.29. The summed E-state index contributed by atoms with van der Waals surface area (Å²) in [6.07, 6.45) is 0. The van der Waals surface area contributed by atoms with Gasteiger partial charge in [0.2, 0.25) is 10.0 Å². The Kier molecular flexibility index (Phi) is 5.09. The Hall–Kier alpha value is -2.43. The van der Waals surface area contributed by atoms with Gasteiger partial charge >= 0.3 is 0 Å². The number of sulfonamides is 1. The summed E-state index contributed by atoms with van der Waals surface area (Å²) in [5, 5.41) is 10.4. The predicted octanol–water partition coefficient (Wildman–Crippen LogP) is 2.99. The van der Waals surface area contributed by atoms with E-state index in [4.69, 9.17) is 0 Å². The lowest BCUT2D eigenvalue weighted by Gasteiger charge is -2.34. The Bertz CT molecular complexity index is 1050. The van der Waals surface area contributed by atoms with Crippen molar-refractivity contribution in [3.05, 3.63) is 59.5 Å². The van der Waals surface area contributed by atoms with Crippen LogP contribution in [0.3, 0.4) is 0 Å². The molecule has 0 radical (unpaired) electrons. The summed E-state index contributed by atoms with van der Waals surface area (Å²) in [4.78, 5) is 2.01. The van der Waals surface area contributed by atoms with Gasteiger partial charge in [-0.15, -0.1) is 21.5 Å². The Morgan fingerprint density at radius 3 is 2.18 bits per heavy atom. The maximum atomic E-state index is 13.9. The zero-order chi connectivity index (χ0) is 19.7. The van der Waals surface area contributed by atoms with Crippen LogP contribution in [0.5, 0.6) is 0 Å². The largest absolute Gasteiger partial charge is 0.352 e. The summed E-state index contributed by atoms with van der Waals surface area (Å²) in [6.45, 7) is 0.902. The molecule has 3 heterocycles. The predicted molar refractivity (Wildman–Crippen MR) is 103 cm³/mol. The summed E-state index contributed by atoms with van der Waals surface area (Å²) in [6, 6.07) is 10.6. The lowest BCUT2D eigenvalue weighted by Crippen LogP contribution is -2.49. The Labute approximate surface area is 165 Å². The Balaban J connectivity index is 1.47. The first-order valence-corrected chi connectivity index (χ1v) is 10.9. The summed E-state index contributed by atoms with van der Waals surface area (Å²) >= 11 is 1.57. The number of thiophene rings is 1. The lowest BCUT2D eigenvalue weighted by molar-refractivity contribution is 0.377. The molecule has 0 aliphatic carbocycles. The van der Waals surface area contributed by atoms with Crippen molar-refractivity contribution in [2.45, 2.75) is 4.90 Å². The monoisotopic (exact) mass is 422 g/mol. The molecule has 0 unspecified atom stereocenters. The third-order valence-corrected chi connectivity index (χ3v) is 7.35. The minimum atomic E-state index is -4.24. The van der Waals surface area contributed by atoms with Gasteiger partial charge in [0, 0.05) is 26.2 Å². The molecule has 0 atom stereocenters. The molecule has 6 nitrogen and oxygen atoms in total. The van der Waals surface area contributed by atoms with E-state index < -0.39 is 26.6 Å². The molecule has 1 aliphatic heterocycles. The molecule has 1 fully saturated rings. The molecule has 0 spiro atoms. The number of nitrogens with zero attached hydrogens (tertiary/aromatic N) is 4. The number of halogens is 2. The summed E-state index contributed by atoms with van der Waals surface area (Å²) in [5.41, 5.74) is 0.773. The smallest absolute Gasteiger partial charge is 0.249 e. The standard InChI is InChI=1S/C18H16F2N4O2S2/c19-13-3-1-4-14(20)18(13)28(25,26)24-10-8-23(9-11-24)17-7-6-15(21-22-17)16-5-2-12-27-16/h1-7,12H,8-11H2. The molecule has 2 aromatic heterocycles. The van der Waals surface area contributed by atoms with Crippen LogP contribution in [-0.4, -0.2) is 49.1 Å². The maximum Gasteiger partial charge on any atom is 0.249 e. The maximum absolute atomic E-state index is 13.9. The number of anilines is 1. The molecular weight excluding hydrogens is 406 g/mol. The van der Waals surface area contributed by atoms with Gasteiger partial charge in [-0.2, -0.15) is 4.31 Å². The van der Waals surface area contributed by atoms with Crippen LogP contribution in [0.1, 0.15) is 0 Å². The fraction of sp³-hybridized carbons (Fsp3) is 0.222. The summed E-state index contributed by atoms with van der Waals surface area (Å²) in [5.74, 6) is -1.54. The van der Waals surface area contributed by atoms with Crippen molar-refractivity contribution < 1.29 is 17.2 Å². The van der Waals surface area contributed by atoms with Crippen molar-refractivity contribution in [2.24, 2.45) is 0 Å². The first-order valence-electron chi connectivity index (χ1n) is 8.53. The van der Waals surface area contributed by atoms with E-state index in [0.29, 0.717) is 18.9 Å². The zero-order valence-electron chi connectivity index (χ0n) is 14.6. The van der Waals surface area contributed by atoms with Gasteiger partial charge in [-0.25, -0.2) is 17.2 Å². The summed E-state index contributed by atoms with van der Waals surface area (Å²) < 4.78 is 54.2. The van der Waals surface area contributed by atoms with Gasteiger partial charge in [0.1, 0.15) is 17.3 Å². The van der Waals surface area contributed by atoms with E-state index in [0.717, 1.165) is 33.1 Å². The van der Waals surface area contributed by atoms with Crippen LogP contribution in [0.15, 0.2) is 52.7 Å². The van der Waals surface area contributed by atoms with E-state index >= 15 is 0 Å². The zero-order valence-corrected chi connectivity index (χ0v) is 16.3. The van der Waals surface area contributed by atoms with Gasteiger partial charge in [0.05, 0.1) is 4.88 Å². The van der Waals surface area contributed by atoms with Gasteiger partial charge in [0.25, 0.3) is 0 Å². The highest BCUT2D eigenvalue weighted by Gasteiger charge is 2.33. The first kappa shape index (κ1) is 18.9. The average Bonchev–Trinajstić information content (AvgIpc) is 3.23. The second kappa shape index (κ2) is 7.53. The van der Waals surface area contributed by atoms with Crippen LogP contribution in [0.25, 0.3) is 10.6 Å². The van der Waals surface area contributed by atoms with Crippen molar-refractivity contribution in [1.29, 1.82) is 0 Å². The highest BCUT2D eigenvalue weighted by Crippen LogP contribution is 2.26. The topological polar surface area (TPSA) is 66.4 Å². The molecule has 1 saturated heterocycles. The van der Waals surface area contributed by atoms with E-state index in [-0.39, 0.29) is 13.1 Å². The van der Waals surface area contributed by atoms with E-state index in [9.17, 15) is 17.2 Å². The van der Waals surface area contributed by atoms with Crippen LogP contribution in [0.2, 0.25) is 0 Å². The van der Waals surface area contributed by atoms with E-state index in [1.807, 2.05) is 34.5 Å². The molecule has 4 rings (SSSR count). The van der Waals surface area contributed by atoms with Gasteiger partial charge in [-0.1, -0.05) is 12.1 Å². The number of benzene rings is 1. The van der Waals surface area contributed by atoms with Gasteiger partial charge in [-0.05, 0) is 35.7 Å². The van der Waals surface area contributed by atoms with E-state index in [1.54, 1.807) is 11.3 Å². The van der Waals surface area contributed by atoms with Crippen molar-refractivity contribution in [3.63, 3.8) is 0 Å². The molecule has 0 saturated carbocycles. The third-order valence-electron chi connectivity index (χ3n) is 4.50. The molecule has 28 heavy (non-hydrogen) atoms. The van der Waals surface area contributed by atoms with Crippen LogP contribution in [0.4, 0.5) is 14.6 Å². The SMILES string of the molecule is O=S(=O)(c1c(F)cccc1F)N1CCN(c2ccc(-c3cccs3)nn2)CC1. The van der Waals surface area contributed by atoms with E-state index in [2.05, 4.69) is 10.2 Å². The normalized spacial score (nSPS) is 15.7. The van der Waals surface area contributed by atoms with Crippen LogP contribution < -0.4 is 4.90 Å². The van der Waals surface area contributed by atoms with Crippen LogP contribution in [0, 0.1) is 11.6 Å². The molecule has 10 heteroatoms. The van der Waals surface area contributed by atoms with Crippen molar-refractivity contribution >= 4 is 27.2 Å². The fourth-order valence-electron chi connectivity index (χ4n) is 3.07. The number of aromatic nitrogens is 2. The minimum Gasteiger partial charge on any atom is -0.352 e. The number of hydrogen-bond donors (Lipinski definition) is 0. The Morgan fingerprint density at radius 1 is 0.893 bits per heavy atom. The molecule has 0 amide bonds. The lowest BCUT2D eigenvalue weighted by atomic mass is 10.3. The van der Waals surface area contributed by atoms with Gasteiger partial charge in [-0.3, -0.25) is 0 Å². The average molecular weight is 422 g/mol. The summed E-state index contributed by atoms with van der Waals surface area (Å²) in [7, 11) is -4.24. The highest BCUT2D eigenvalue weighted by molar-refractivity contribution is 7.89. The van der Waals surface area contributed by atoms with Gasteiger partial charge < -0.3 is 4.90 Å². The van der Waals surface area contributed by atoms with E-state index in [1.165, 1.54) is 0 Å². The van der Waals surface area contributed by atoms with Crippen molar-refractivity contribution in [2.75, 3.05) is 31.1 Å². The van der Waals surface area contributed by atoms with Crippen molar-refractivity contribution in [1.82, 2.24) is 14.5 Å². The third kappa shape index (κ3) is 3.50. The highest BCUT2D eigenvalue weighted by atomic mass is 32.2.